The third kappa shape index (κ3) is 2.59. The number of cyclic esters (lactones) is 4. The van der Waals surface area contributed by atoms with Crippen LogP contribution in [0, 0.1) is 47.3 Å². The van der Waals surface area contributed by atoms with E-state index in [2.05, 4.69) is 26.2 Å². The zero-order chi connectivity index (χ0) is 22.0. The Bertz CT molecular complexity index is 842. The lowest BCUT2D eigenvalue weighted by Crippen LogP contribution is -2.53. The smallest absolute Gasteiger partial charge is 0.317 e. The van der Waals surface area contributed by atoms with Gasteiger partial charge in [-0.05, 0) is 86.6 Å². The van der Waals surface area contributed by atoms with E-state index in [1.807, 2.05) is 0 Å². The predicted octanol–water partition coefficient (Wildman–Crippen LogP) is 2.86. The van der Waals surface area contributed by atoms with E-state index in [0.717, 1.165) is 25.7 Å². The van der Waals surface area contributed by atoms with Gasteiger partial charge in [0.15, 0.2) is 16.6 Å². The molecular formula is C22H30O7Si2. The van der Waals surface area contributed by atoms with Crippen LogP contribution >= 0.6 is 0 Å². The zero-order valence-corrected chi connectivity index (χ0v) is 20.5. The first-order valence-corrected chi connectivity index (χ1v) is 17.7. The van der Waals surface area contributed by atoms with E-state index in [1.165, 1.54) is 0 Å². The minimum Gasteiger partial charge on any atom is -0.455 e. The van der Waals surface area contributed by atoms with E-state index < -0.39 is 16.6 Å². The van der Waals surface area contributed by atoms with E-state index in [1.54, 1.807) is 0 Å². The van der Waals surface area contributed by atoms with Gasteiger partial charge in [-0.15, -0.1) is 0 Å². The van der Waals surface area contributed by atoms with Gasteiger partial charge in [-0.25, -0.2) is 0 Å². The summed E-state index contributed by atoms with van der Waals surface area (Å²) in [6, 6.07) is 0. The van der Waals surface area contributed by atoms with Gasteiger partial charge >= 0.3 is 23.9 Å². The highest BCUT2D eigenvalue weighted by atomic mass is 28.4. The average Bonchev–Trinajstić information content (AvgIpc) is 3.46. The first-order chi connectivity index (χ1) is 14.5. The number of ether oxygens (including phenoxy) is 2. The van der Waals surface area contributed by atoms with Crippen LogP contribution in [-0.4, -0.2) is 40.5 Å². The standard InChI is InChI=1S/C22H30O7Si2/c1-30(2,13-7-9-5-11(13)17-15(9)19(23)27-21(17)25)29-31(3,4)14-8-10-6-12(14)18-16(10)20(24)28-22(18)26/h9-18H,5-8H2,1-4H3. The van der Waals surface area contributed by atoms with Gasteiger partial charge in [0.1, 0.15) is 0 Å². The molecule has 6 aliphatic rings. The second-order valence-electron chi connectivity index (χ2n) is 11.9. The lowest BCUT2D eigenvalue weighted by Gasteiger charge is -2.46. The molecule has 0 N–H and O–H groups in total. The quantitative estimate of drug-likeness (QED) is 0.360. The van der Waals surface area contributed by atoms with Crippen LogP contribution in [-0.2, 0) is 32.8 Å². The number of hydrogen-bond acceptors (Lipinski definition) is 7. The van der Waals surface area contributed by atoms with E-state index >= 15 is 0 Å². The summed E-state index contributed by atoms with van der Waals surface area (Å²) in [7, 11) is -4.34. The zero-order valence-electron chi connectivity index (χ0n) is 18.5. The molecule has 0 radical (unpaired) electrons. The Balaban J connectivity index is 1.21. The van der Waals surface area contributed by atoms with Crippen molar-refractivity contribution in [1.29, 1.82) is 0 Å². The fourth-order valence-electron chi connectivity index (χ4n) is 8.94. The minimum absolute atomic E-state index is 0.201. The van der Waals surface area contributed by atoms with E-state index in [0.29, 0.717) is 11.1 Å². The molecule has 31 heavy (non-hydrogen) atoms. The van der Waals surface area contributed by atoms with Crippen LogP contribution in [0.3, 0.4) is 0 Å². The summed E-state index contributed by atoms with van der Waals surface area (Å²) in [6.07, 6.45) is 3.79. The molecule has 6 rings (SSSR count). The molecule has 4 aliphatic carbocycles. The molecule has 0 aromatic rings. The lowest BCUT2D eigenvalue weighted by atomic mass is 9.81. The second-order valence-corrected chi connectivity index (χ2v) is 20.6. The van der Waals surface area contributed by atoms with Crippen LogP contribution in [0.2, 0.25) is 37.3 Å². The SMILES string of the molecule is C[Si](C)(O[Si](C)(C)C1CC2CC1C1C(=O)OC(=O)C21)C1CC2CC1C1C(=O)OC(=O)C21. The van der Waals surface area contributed by atoms with Crippen molar-refractivity contribution in [3.63, 3.8) is 0 Å². The van der Waals surface area contributed by atoms with Crippen molar-refractivity contribution in [2.24, 2.45) is 47.3 Å². The summed E-state index contributed by atoms with van der Waals surface area (Å²) in [6.45, 7) is 9.09. The van der Waals surface area contributed by atoms with Crippen molar-refractivity contribution in [3.8, 4) is 0 Å². The number of carbonyl (C=O) groups excluding carboxylic acids is 4. The summed E-state index contributed by atoms with van der Waals surface area (Å²) >= 11 is 0. The molecule has 4 bridgehead atoms. The van der Waals surface area contributed by atoms with E-state index in [4.69, 9.17) is 13.6 Å². The summed E-state index contributed by atoms with van der Waals surface area (Å²) < 4.78 is 17.1. The molecule has 7 nitrogen and oxygen atoms in total. The largest absolute Gasteiger partial charge is 0.455 e. The molecule has 2 saturated heterocycles. The maximum absolute atomic E-state index is 12.3. The number of rotatable bonds is 4. The molecule has 4 saturated carbocycles. The lowest BCUT2D eigenvalue weighted by molar-refractivity contribution is -0.156. The van der Waals surface area contributed by atoms with Gasteiger partial charge < -0.3 is 13.6 Å². The predicted molar refractivity (Wildman–Crippen MR) is 112 cm³/mol. The summed E-state index contributed by atoms with van der Waals surface area (Å²) in [5.74, 6) is -1.35. The van der Waals surface area contributed by atoms with Crippen molar-refractivity contribution >= 4 is 40.5 Å². The number of hydrogen-bond donors (Lipinski definition) is 0. The second kappa shape index (κ2) is 6.17. The Morgan fingerprint density at radius 3 is 1.35 bits per heavy atom. The fraction of sp³-hybridized carbons (Fsp3) is 0.818. The molecule has 168 valence electrons. The fourth-order valence-corrected chi connectivity index (χ4v) is 20.1. The monoisotopic (exact) mass is 462 g/mol. The van der Waals surface area contributed by atoms with Crippen LogP contribution in [0.4, 0.5) is 0 Å². The number of fused-ring (bicyclic) bond motifs is 10. The molecule has 2 heterocycles. The van der Waals surface area contributed by atoms with Crippen molar-refractivity contribution in [2.75, 3.05) is 0 Å². The molecule has 10 unspecified atom stereocenters. The Morgan fingerprint density at radius 1 is 0.613 bits per heavy atom. The molecule has 0 amide bonds. The summed E-state index contributed by atoms with van der Waals surface area (Å²) in [5, 5.41) is 0. The molecule has 0 spiro atoms. The van der Waals surface area contributed by atoms with Crippen molar-refractivity contribution in [1.82, 2.24) is 0 Å². The summed E-state index contributed by atoms with van der Waals surface area (Å²) in [4.78, 5) is 48.9. The Kier molecular flexibility index (Phi) is 4.04. The molecule has 0 aromatic heterocycles. The van der Waals surface area contributed by atoms with Gasteiger partial charge in [-0.2, -0.15) is 0 Å². The summed E-state index contributed by atoms with van der Waals surface area (Å²) in [5.41, 5.74) is 0.710. The topological polar surface area (TPSA) is 96.0 Å². The maximum atomic E-state index is 12.3. The maximum Gasteiger partial charge on any atom is 0.317 e. The van der Waals surface area contributed by atoms with Crippen LogP contribution in [0.5, 0.6) is 0 Å². The molecule has 6 fully saturated rings. The highest BCUT2D eigenvalue weighted by Gasteiger charge is 2.68. The molecular weight excluding hydrogens is 432 g/mol. The van der Waals surface area contributed by atoms with Gasteiger partial charge in [-0.1, -0.05) is 0 Å². The Morgan fingerprint density at radius 2 is 0.968 bits per heavy atom. The van der Waals surface area contributed by atoms with Crippen molar-refractivity contribution in [2.45, 2.75) is 63.0 Å². The van der Waals surface area contributed by atoms with Crippen LogP contribution in [0.1, 0.15) is 25.7 Å². The number of esters is 4. The molecule has 9 heteroatoms. The first-order valence-electron chi connectivity index (χ1n) is 11.7. The van der Waals surface area contributed by atoms with Crippen molar-refractivity contribution < 1.29 is 32.8 Å². The number of carbonyl (C=O) groups is 4. The van der Waals surface area contributed by atoms with Gasteiger partial charge in [0.2, 0.25) is 0 Å². The van der Waals surface area contributed by atoms with Gasteiger partial charge in [0.05, 0.1) is 23.7 Å². The van der Waals surface area contributed by atoms with Crippen LogP contribution in [0.25, 0.3) is 0 Å². The average molecular weight is 463 g/mol. The molecule has 10 atom stereocenters. The third-order valence-corrected chi connectivity index (χ3v) is 18.9. The molecule has 2 aliphatic heterocycles. The van der Waals surface area contributed by atoms with Crippen LogP contribution < -0.4 is 0 Å². The highest BCUT2D eigenvalue weighted by molar-refractivity contribution is 6.86. The van der Waals surface area contributed by atoms with Crippen molar-refractivity contribution in [3.05, 3.63) is 0 Å². The van der Waals surface area contributed by atoms with E-state index in [-0.39, 0.29) is 71.2 Å². The first kappa shape index (κ1) is 20.3. The van der Waals surface area contributed by atoms with E-state index in [9.17, 15) is 19.2 Å². The molecule has 0 aromatic carbocycles. The highest BCUT2D eigenvalue weighted by Crippen LogP contribution is 2.65. The van der Waals surface area contributed by atoms with Crippen LogP contribution in [0.15, 0.2) is 0 Å². The van der Waals surface area contributed by atoms with Gasteiger partial charge in [0.25, 0.3) is 0 Å². The van der Waals surface area contributed by atoms with Gasteiger partial charge in [0, 0.05) is 0 Å². The Hall–Kier alpha value is -1.33. The normalized spacial score (nSPS) is 47.7. The van der Waals surface area contributed by atoms with Gasteiger partial charge in [-0.3, -0.25) is 19.2 Å². The minimum atomic E-state index is -2.17. The third-order valence-electron chi connectivity index (χ3n) is 9.81. The Labute approximate surface area is 183 Å².